The van der Waals surface area contributed by atoms with Crippen molar-refractivity contribution in [1.82, 2.24) is 9.55 Å². The quantitative estimate of drug-likeness (QED) is 0.917. The molecule has 0 amide bonds. The summed E-state index contributed by atoms with van der Waals surface area (Å²) in [5.41, 5.74) is 7.65. The predicted octanol–water partition coefficient (Wildman–Crippen LogP) is 2.79. The maximum atomic E-state index is 13.9. The van der Waals surface area contributed by atoms with E-state index in [2.05, 4.69) is 9.55 Å². The Morgan fingerprint density at radius 3 is 2.79 bits per heavy atom. The van der Waals surface area contributed by atoms with Crippen LogP contribution in [0.25, 0.3) is 11.0 Å². The minimum Gasteiger partial charge on any atom is -0.327 e. The van der Waals surface area contributed by atoms with Crippen molar-refractivity contribution in [2.24, 2.45) is 11.7 Å². The highest BCUT2D eigenvalue weighted by Crippen LogP contribution is 2.40. The van der Waals surface area contributed by atoms with E-state index in [-0.39, 0.29) is 11.9 Å². The Morgan fingerprint density at radius 1 is 1.32 bits per heavy atom. The Hall–Kier alpha value is -1.42. The van der Waals surface area contributed by atoms with E-state index in [1.165, 1.54) is 31.7 Å². The van der Waals surface area contributed by atoms with Crippen molar-refractivity contribution in [3.8, 4) is 0 Å². The minimum absolute atomic E-state index is 0.178. The molecule has 2 saturated carbocycles. The topological polar surface area (TPSA) is 43.8 Å². The summed E-state index contributed by atoms with van der Waals surface area (Å²) in [7, 11) is 0. The Kier molecular flexibility index (Phi) is 2.42. The van der Waals surface area contributed by atoms with E-state index in [4.69, 9.17) is 5.73 Å². The number of hydrogen-bond donors (Lipinski definition) is 1. The summed E-state index contributed by atoms with van der Waals surface area (Å²) in [6.07, 6.45) is 5.59. The summed E-state index contributed by atoms with van der Waals surface area (Å²) in [6.45, 7) is 0. The first kappa shape index (κ1) is 11.4. The van der Waals surface area contributed by atoms with E-state index in [9.17, 15) is 4.39 Å². The predicted molar refractivity (Wildman–Crippen MR) is 72.4 cm³/mol. The molecule has 0 aliphatic heterocycles. The molecule has 1 atom stereocenters. The van der Waals surface area contributed by atoms with Gasteiger partial charge in [0.05, 0.1) is 5.52 Å². The summed E-state index contributed by atoms with van der Waals surface area (Å²) < 4.78 is 16.1. The normalized spacial score (nSPS) is 20.9. The lowest BCUT2D eigenvalue weighted by atomic mass is 10.1. The molecule has 2 aromatic rings. The molecule has 0 saturated heterocycles. The molecule has 2 N–H and O–H groups in total. The second kappa shape index (κ2) is 4.04. The summed E-state index contributed by atoms with van der Waals surface area (Å²) >= 11 is 0. The Balaban J connectivity index is 1.79. The number of aromatic nitrogens is 2. The number of para-hydroxylation sites is 1. The zero-order chi connectivity index (χ0) is 13.0. The molecule has 1 heterocycles. The molecule has 0 radical (unpaired) electrons. The van der Waals surface area contributed by atoms with Crippen LogP contribution in [-0.4, -0.2) is 15.6 Å². The molecule has 0 bridgehead atoms. The number of imidazole rings is 1. The van der Waals surface area contributed by atoms with Gasteiger partial charge in [0, 0.05) is 18.5 Å². The van der Waals surface area contributed by atoms with Crippen LogP contribution in [0.5, 0.6) is 0 Å². The van der Waals surface area contributed by atoms with Gasteiger partial charge in [-0.25, -0.2) is 9.37 Å². The third-order valence-corrected chi connectivity index (χ3v) is 4.30. The van der Waals surface area contributed by atoms with Crippen molar-refractivity contribution >= 4 is 11.0 Å². The number of nitrogens with two attached hydrogens (primary N) is 1. The molecule has 1 aromatic carbocycles. The Bertz CT molecular complexity index is 626. The average molecular weight is 259 g/mol. The van der Waals surface area contributed by atoms with Gasteiger partial charge in [-0.2, -0.15) is 0 Å². The van der Waals surface area contributed by atoms with Gasteiger partial charge in [0.1, 0.15) is 11.3 Å². The molecule has 2 fully saturated rings. The third kappa shape index (κ3) is 1.94. The standard InChI is InChI=1S/C15H18FN3/c16-11-2-1-3-13-15(11)18-14(19(13)10-6-7-10)8-12(17)9-4-5-9/h1-3,9-10,12H,4-8,17H2. The number of rotatable bonds is 4. The molecule has 100 valence electrons. The van der Waals surface area contributed by atoms with Crippen molar-refractivity contribution in [3.05, 3.63) is 29.8 Å². The van der Waals surface area contributed by atoms with Crippen LogP contribution in [0.2, 0.25) is 0 Å². The summed E-state index contributed by atoms with van der Waals surface area (Å²) in [4.78, 5) is 4.53. The lowest BCUT2D eigenvalue weighted by molar-refractivity contribution is 0.554. The van der Waals surface area contributed by atoms with Gasteiger partial charge in [0.2, 0.25) is 0 Å². The van der Waals surface area contributed by atoms with Crippen molar-refractivity contribution in [1.29, 1.82) is 0 Å². The van der Waals surface area contributed by atoms with Crippen LogP contribution in [0, 0.1) is 11.7 Å². The molecule has 4 heteroatoms. The highest BCUT2D eigenvalue weighted by molar-refractivity contribution is 5.77. The van der Waals surface area contributed by atoms with E-state index >= 15 is 0 Å². The SMILES string of the molecule is NC(Cc1nc2c(F)cccc2n1C1CC1)C1CC1. The van der Waals surface area contributed by atoms with Gasteiger partial charge in [0.15, 0.2) is 5.82 Å². The fraction of sp³-hybridized carbons (Fsp3) is 0.533. The van der Waals surface area contributed by atoms with Gasteiger partial charge in [-0.15, -0.1) is 0 Å². The molecule has 19 heavy (non-hydrogen) atoms. The largest absolute Gasteiger partial charge is 0.327 e. The van der Waals surface area contributed by atoms with Gasteiger partial charge in [-0.3, -0.25) is 0 Å². The van der Waals surface area contributed by atoms with E-state index < -0.39 is 0 Å². The van der Waals surface area contributed by atoms with Gasteiger partial charge < -0.3 is 10.3 Å². The molecular weight excluding hydrogens is 241 g/mol. The molecule has 4 rings (SSSR count). The highest BCUT2D eigenvalue weighted by Gasteiger charge is 2.33. The first-order valence-electron chi connectivity index (χ1n) is 7.15. The van der Waals surface area contributed by atoms with Crippen molar-refractivity contribution in [2.45, 2.75) is 44.2 Å². The van der Waals surface area contributed by atoms with E-state index in [0.29, 0.717) is 17.5 Å². The molecule has 1 aromatic heterocycles. The lowest BCUT2D eigenvalue weighted by Crippen LogP contribution is -2.26. The number of fused-ring (bicyclic) bond motifs is 1. The molecule has 2 aliphatic carbocycles. The third-order valence-electron chi connectivity index (χ3n) is 4.30. The number of nitrogens with zero attached hydrogens (tertiary/aromatic N) is 2. The minimum atomic E-state index is -0.224. The summed E-state index contributed by atoms with van der Waals surface area (Å²) in [6, 6.07) is 5.90. The van der Waals surface area contributed by atoms with Crippen LogP contribution in [-0.2, 0) is 6.42 Å². The number of hydrogen-bond acceptors (Lipinski definition) is 2. The molecule has 3 nitrogen and oxygen atoms in total. The van der Waals surface area contributed by atoms with E-state index in [0.717, 1.165) is 17.8 Å². The van der Waals surface area contributed by atoms with Crippen LogP contribution in [0.4, 0.5) is 4.39 Å². The van der Waals surface area contributed by atoms with Crippen LogP contribution in [0.15, 0.2) is 18.2 Å². The molecule has 2 aliphatic rings. The molecule has 1 unspecified atom stereocenters. The van der Waals surface area contributed by atoms with Crippen LogP contribution in [0.3, 0.4) is 0 Å². The van der Waals surface area contributed by atoms with E-state index in [1.807, 2.05) is 6.07 Å². The van der Waals surface area contributed by atoms with Gasteiger partial charge in [-0.05, 0) is 43.7 Å². The summed E-state index contributed by atoms with van der Waals surface area (Å²) in [5, 5.41) is 0. The van der Waals surface area contributed by atoms with Crippen molar-refractivity contribution in [2.75, 3.05) is 0 Å². The van der Waals surface area contributed by atoms with Crippen molar-refractivity contribution in [3.63, 3.8) is 0 Å². The van der Waals surface area contributed by atoms with Crippen LogP contribution < -0.4 is 5.73 Å². The smallest absolute Gasteiger partial charge is 0.151 e. The van der Waals surface area contributed by atoms with Crippen LogP contribution in [0.1, 0.15) is 37.5 Å². The van der Waals surface area contributed by atoms with Gasteiger partial charge in [0.25, 0.3) is 0 Å². The second-order valence-electron chi connectivity index (χ2n) is 5.94. The van der Waals surface area contributed by atoms with Crippen LogP contribution >= 0.6 is 0 Å². The summed E-state index contributed by atoms with van der Waals surface area (Å²) in [5.74, 6) is 1.40. The fourth-order valence-corrected chi connectivity index (χ4v) is 2.92. The van der Waals surface area contributed by atoms with Gasteiger partial charge >= 0.3 is 0 Å². The maximum absolute atomic E-state index is 13.9. The monoisotopic (exact) mass is 259 g/mol. The highest BCUT2D eigenvalue weighted by atomic mass is 19.1. The maximum Gasteiger partial charge on any atom is 0.151 e. The van der Waals surface area contributed by atoms with E-state index in [1.54, 1.807) is 6.07 Å². The first-order valence-corrected chi connectivity index (χ1v) is 7.15. The Morgan fingerprint density at radius 2 is 2.11 bits per heavy atom. The fourth-order valence-electron chi connectivity index (χ4n) is 2.92. The van der Waals surface area contributed by atoms with Crippen molar-refractivity contribution < 1.29 is 4.39 Å². The average Bonchev–Trinajstić information content (AvgIpc) is 3.27. The first-order chi connectivity index (χ1) is 9.24. The second-order valence-corrected chi connectivity index (χ2v) is 5.94. The molecular formula is C15H18FN3. The Labute approximate surface area is 111 Å². The zero-order valence-electron chi connectivity index (χ0n) is 10.8. The molecule has 0 spiro atoms. The number of halogens is 1. The zero-order valence-corrected chi connectivity index (χ0v) is 10.8. The van der Waals surface area contributed by atoms with Gasteiger partial charge in [-0.1, -0.05) is 6.07 Å². The lowest BCUT2D eigenvalue weighted by Gasteiger charge is -2.12. The number of benzene rings is 1.